The minimum atomic E-state index is -0.688. The molecule has 0 aliphatic heterocycles. The standard InChI is InChI=1S/C6H13NO2.C6H12O2/c1-4(2)5(7)6(8)9-3;1-3-4-5(2)6(7)8/h4-5H,7H2,1-3H3;5H,3-4H2,1-2H3,(H,7,8)/t5-;/m0./s1. The highest BCUT2D eigenvalue weighted by atomic mass is 16.5. The van der Waals surface area contributed by atoms with Crippen molar-refractivity contribution >= 4 is 11.9 Å². The second-order valence-electron chi connectivity index (χ2n) is 4.32. The van der Waals surface area contributed by atoms with Crippen molar-refractivity contribution < 1.29 is 19.4 Å². The summed E-state index contributed by atoms with van der Waals surface area (Å²) in [5.41, 5.74) is 5.40. The molecule has 2 atom stereocenters. The van der Waals surface area contributed by atoms with Gasteiger partial charge in [0.15, 0.2) is 0 Å². The molecular weight excluding hydrogens is 222 g/mol. The van der Waals surface area contributed by atoms with Crippen molar-refractivity contribution in [3.63, 3.8) is 0 Å². The first-order valence-corrected chi connectivity index (χ1v) is 5.84. The molecule has 0 spiro atoms. The number of nitrogens with two attached hydrogens (primary N) is 1. The summed E-state index contributed by atoms with van der Waals surface area (Å²) >= 11 is 0. The quantitative estimate of drug-likeness (QED) is 0.721. The van der Waals surface area contributed by atoms with Crippen LogP contribution in [0.3, 0.4) is 0 Å². The first-order valence-electron chi connectivity index (χ1n) is 5.84. The van der Waals surface area contributed by atoms with Gasteiger partial charge < -0.3 is 15.6 Å². The van der Waals surface area contributed by atoms with Gasteiger partial charge in [-0.2, -0.15) is 0 Å². The molecule has 0 bridgehead atoms. The smallest absolute Gasteiger partial charge is 0.322 e. The number of methoxy groups -OCH3 is 1. The van der Waals surface area contributed by atoms with E-state index in [9.17, 15) is 9.59 Å². The average molecular weight is 247 g/mol. The third-order valence-electron chi connectivity index (χ3n) is 2.33. The predicted molar refractivity (Wildman–Crippen MR) is 66.5 cm³/mol. The second-order valence-corrected chi connectivity index (χ2v) is 4.32. The number of aliphatic carboxylic acids is 1. The Bertz CT molecular complexity index is 229. The van der Waals surface area contributed by atoms with E-state index in [1.54, 1.807) is 6.92 Å². The normalized spacial score (nSPS) is 13.4. The number of rotatable bonds is 5. The first-order chi connectivity index (χ1) is 7.77. The molecule has 0 rings (SSSR count). The minimum absolute atomic E-state index is 0.150. The molecule has 5 nitrogen and oxygen atoms in total. The molecule has 3 N–H and O–H groups in total. The van der Waals surface area contributed by atoms with E-state index in [1.165, 1.54) is 7.11 Å². The summed E-state index contributed by atoms with van der Waals surface area (Å²) in [6.45, 7) is 7.47. The highest BCUT2D eigenvalue weighted by molar-refractivity contribution is 5.75. The van der Waals surface area contributed by atoms with Crippen LogP contribution in [0.25, 0.3) is 0 Å². The number of carbonyl (C=O) groups excluding carboxylic acids is 1. The number of carboxylic acid groups (broad SMARTS) is 1. The maximum Gasteiger partial charge on any atom is 0.322 e. The monoisotopic (exact) mass is 247 g/mol. The zero-order valence-corrected chi connectivity index (χ0v) is 11.4. The van der Waals surface area contributed by atoms with Crippen molar-refractivity contribution in [1.82, 2.24) is 0 Å². The molecule has 0 aliphatic rings. The van der Waals surface area contributed by atoms with Crippen molar-refractivity contribution in [2.24, 2.45) is 17.6 Å². The van der Waals surface area contributed by atoms with Crippen molar-refractivity contribution in [2.75, 3.05) is 7.11 Å². The molecule has 0 aromatic heterocycles. The van der Waals surface area contributed by atoms with Gasteiger partial charge in [0.1, 0.15) is 6.04 Å². The van der Waals surface area contributed by atoms with Crippen molar-refractivity contribution in [3.05, 3.63) is 0 Å². The Morgan fingerprint density at radius 3 is 1.88 bits per heavy atom. The van der Waals surface area contributed by atoms with Gasteiger partial charge in [-0.15, -0.1) is 0 Å². The first kappa shape index (κ1) is 18.3. The van der Waals surface area contributed by atoms with E-state index in [0.29, 0.717) is 0 Å². The van der Waals surface area contributed by atoms with Crippen LogP contribution in [0.5, 0.6) is 0 Å². The number of carboxylic acids is 1. The SMILES string of the molecule is CCCC(C)C(=O)O.COC(=O)[C@@H](N)C(C)C. The van der Waals surface area contributed by atoms with Crippen LogP contribution in [0.15, 0.2) is 0 Å². The van der Waals surface area contributed by atoms with Crippen molar-refractivity contribution in [3.8, 4) is 0 Å². The number of ether oxygens (including phenoxy) is 1. The van der Waals surface area contributed by atoms with Gasteiger partial charge in [-0.25, -0.2) is 0 Å². The summed E-state index contributed by atoms with van der Waals surface area (Å²) in [5.74, 6) is -1.05. The van der Waals surface area contributed by atoms with Crippen LogP contribution in [-0.2, 0) is 14.3 Å². The molecule has 17 heavy (non-hydrogen) atoms. The lowest BCUT2D eigenvalue weighted by atomic mass is 10.1. The molecular formula is C12H25NO4. The van der Waals surface area contributed by atoms with E-state index in [0.717, 1.165) is 12.8 Å². The Labute approximate surface area is 103 Å². The Morgan fingerprint density at radius 2 is 1.76 bits per heavy atom. The topological polar surface area (TPSA) is 89.6 Å². The molecule has 0 radical (unpaired) electrons. The van der Waals surface area contributed by atoms with Gasteiger partial charge in [-0.3, -0.25) is 9.59 Å². The van der Waals surface area contributed by atoms with Gasteiger partial charge >= 0.3 is 11.9 Å². The fraction of sp³-hybridized carbons (Fsp3) is 0.833. The minimum Gasteiger partial charge on any atom is -0.481 e. The number of esters is 1. The third-order valence-corrected chi connectivity index (χ3v) is 2.33. The van der Waals surface area contributed by atoms with E-state index >= 15 is 0 Å². The van der Waals surface area contributed by atoms with E-state index in [4.69, 9.17) is 10.8 Å². The third kappa shape index (κ3) is 9.81. The van der Waals surface area contributed by atoms with Gasteiger partial charge in [0.05, 0.1) is 13.0 Å². The maximum absolute atomic E-state index is 10.6. The van der Waals surface area contributed by atoms with Crippen LogP contribution in [0, 0.1) is 11.8 Å². The summed E-state index contributed by atoms with van der Waals surface area (Å²) in [7, 11) is 1.34. The second kappa shape index (κ2) is 10.1. The van der Waals surface area contributed by atoms with Gasteiger partial charge in [-0.05, 0) is 12.3 Å². The van der Waals surface area contributed by atoms with Crippen LogP contribution >= 0.6 is 0 Å². The summed E-state index contributed by atoms with van der Waals surface area (Å²) in [6.07, 6.45) is 1.74. The Balaban J connectivity index is 0. The van der Waals surface area contributed by atoms with Crippen LogP contribution in [0.1, 0.15) is 40.5 Å². The molecule has 1 unspecified atom stereocenters. The maximum atomic E-state index is 10.6. The molecule has 0 aromatic rings. The highest BCUT2D eigenvalue weighted by Gasteiger charge is 2.16. The van der Waals surface area contributed by atoms with Gasteiger partial charge in [0, 0.05) is 0 Å². The summed E-state index contributed by atoms with van der Waals surface area (Å²) in [5, 5.41) is 8.31. The molecule has 0 fully saturated rings. The van der Waals surface area contributed by atoms with Crippen LogP contribution in [0.4, 0.5) is 0 Å². The largest absolute Gasteiger partial charge is 0.481 e. The fourth-order valence-corrected chi connectivity index (χ4v) is 0.965. The van der Waals surface area contributed by atoms with Crippen LogP contribution in [0.2, 0.25) is 0 Å². The molecule has 0 saturated heterocycles. The summed E-state index contributed by atoms with van der Waals surface area (Å²) < 4.78 is 4.41. The lowest BCUT2D eigenvalue weighted by Gasteiger charge is -2.11. The molecule has 0 saturated carbocycles. The van der Waals surface area contributed by atoms with Crippen LogP contribution in [-0.4, -0.2) is 30.2 Å². The molecule has 5 heteroatoms. The van der Waals surface area contributed by atoms with Gasteiger partial charge in [0.25, 0.3) is 0 Å². The predicted octanol–water partition coefficient (Wildman–Crippen LogP) is 1.65. The zero-order valence-electron chi connectivity index (χ0n) is 11.4. The summed E-state index contributed by atoms with van der Waals surface area (Å²) in [6, 6.07) is -0.477. The van der Waals surface area contributed by atoms with Gasteiger partial charge in [-0.1, -0.05) is 34.1 Å². The highest BCUT2D eigenvalue weighted by Crippen LogP contribution is 2.03. The van der Waals surface area contributed by atoms with Gasteiger partial charge in [0.2, 0.25) is 0 Å². The summed E-state index contributed by atoms with van der Waals surface area (Å²) in [4.78, 5) is 20.7. The number of hydrogen-bond donors (Lipinski definition) is 2. The molecule has 0 aliphatic carbocycles. The molecule has 0 amide bonds. The molecule has 102 valence electrons. The Morgan fingerprint density at radius 1 is 1.29 bits per heavy atom. The molecule has 0 heterocycles. The lowest BCUT2D eigenvalue weighted by Crippen LogP contribution is -2.36. The van der Waals surface area contributed by atoms with Crippen molar-refractivity contribution in [2.45, 2.75) is 46.6 Å². The number of carbonyl (C=O) groups is 2. The lowest BCUT2D eigenvalue weighted by molar-refractivity contribution is -0.143. The van der Waals surface area contributed by atoms with E-state index in [2.05, 4.69) is 4.74 Å². The fourth-order valence-electron chi connectivity index (χ4n) is 0.965. The molecule has 0 aromatic carbocycles. The average Bonchev–Trinajstić information content (AvgIpc) is 2.27. The Kier molecular flexibility index (Phi) is 10.8. The van der Waals surface area contributed by atoms with E-state index in [1.807, 2.05) is 20.8 Å². The van der Waals surface area contributed by atoms with Crippen LogP contribution < -0.4 is 5.73 Å². The van der Waals surface area contributed by atoms with E-state index < -0.39 is 12.0 Å². The zero-order chi connectivity index (χ0) is 14.0. The van der Waals surface area contributed by atoms with E-state index in [-0.39, 0.29) is 17.8 Å². The Hall–Kier alpha value is -1.10. The van der Waals surface area contributed by atoms with Crippen molar-refractivity contribution in [1.29, 1.82) is 0 Å². The number of hydrogen-bond acceptors (Lipinski definition) is 4.